The molecule has 2 unspecified atom stereocenters. The molecule has 34 heavy (non-hydrogen) atoms. The molecule has 1 aromatic heterocycles. The number of anilines is 1. The first kappa shape index (κ1) is 23.5. The summed E-state index contributed by atoms with van der Waals surface area (Å²) in [4.78, 5) is 28.9. The van der Waals surface area contributed by atoms with Crippen LogP contribution < -0.4 is 10.1 Å². The van der Waals surface area contributed by atoms with Crippen molar-refractivity contribution >= 4 is 28.5 Å². The van der Waals surface area contributed by atoms with Crippen LogP contribution in [0.5, 0.6) is 5.75 Å². The fourth-order valence-corrected chi connectivity index (χ4v) is 4.58. The summed E-state index contributed by atoms with van der Waals surface area (Å²) in [6.07, 6.45) is 2.88. The van der Waals surface area contributed by atoms with E-state index in [-0.39, 0.29) is 22.4 Å². The van der Waals surface area contributed by atoms with Crippen LogP contribution >= 0.6 is 0 Å². The molecule has 0 radical (unpaired) electrons. The maximum Gasteiger partial charge on any atom is 0.337 e. The van der Waals surface area contributed by atoms with Crippen molar-refractivity contribution in [2.24, 2.45) is 0 Å². The van der Waals surface area contributed by atoms with E-state index in [0.29, 0.717) is 16.5 Å². The fourth-order valence-electron chi connectivity index (χ4n) is 3.23. The molecule has 1 aliphatic carbocycles. The van der Waals surface area contributed by atoms with E-state index in [2.05, 4.69) is 10.3 Å². The van der Waals surface area contributed by atoms with E-state index in [4.69, 9.17) is 9.84 Å². The minimum atomic E-state index is -1.80. The summed E-state index contributed by atoms with van der Waals surface area (Å²) >= 11 is 0. The molecule has 2 atom stereocenters. The molecule has 7 nitrogen and oxygen atoms in total. The Bertz CT molecular complexity index is 1260. The first-order chi connectivity index (χ1) is 16.2. The Morgan fingerprint density at radius 1 is 1.12 bits per heavy atom. The van der Waals surface area contributed by atoms with Gasteiger partial charge in [-0.15, -0.1) is 0 Å². The lowest BCUT2D eigenvalue weighted by Crippen LogP contribution is -2.43. The smallest absolute Gasteiger partial charge is 0.337 e. The van der Waals surface area contributed by atoms with Crippen molar-refractivity contribution in [2.75, 3.05) is 5.32 Å². The van der Waals surface area contributed by atoms with Crippen LogP contribution in [0.2, 0.25) is 0 Å². The second-order valence-corrected chi connectivity index (χ2v) is 9.66. The normalized spacial score (nSPS) is 15.7. The number of ether oxygens (including phenoxy) is 1. The Morgan fingerprint density at radius 3 is 2.38 bits per heavy atom. The highest BCUT2D eigenvalue weighted by atomic mass is 32.2. The number of amides is 1. The van der Waals surface area contributed by atoms with Crippen molar-refractivity contribution in [3.63, 3.8) is 0 Å². The van der Waals surface area contributed by atoms with Gasteiger partial charge < -0.3 is 15.2 Å². The molecule has 1 heterocycles. The van der Waals surface area contributed by atoms with Crippen molar-refractivity contribution in [3.8, 4) is 5.75 Å². The van der Waals surface area contributed by atoms with Gasteiger partial charge in [0.15, 0.2) is 11.6 Å². The van der Waals surface area contributed by atoms with Gasteiger partial charge in [0.1, 0.15) is 11.6 Å². The molecule has 3 aromatic rings. The zero-order valence-corrected chi connectivity index (χ0v) is 18.8. The maximum absolute atomic E-state index is 14.4. The number of nitrogens with zero attached hydrogens (tertiary/aromatic N) is 1. The second-order valence-electron chi connectivity index (χ2n) is 7.92. The number of halogens is 2. The van der Waals surface area contributed by atoms with Gasteiger partial charge in [-0.1, -0.05) is 12.1 Å². The number of carboxylic acids is 1. The van der Waals surface area contributed by atoms with Gasteiger partial charge >= 0.3 is 5.97 Å². The average molecular weight is 486 g/mol. The molecule has 1 saturated carbocycles. The number of carbonyl (C=O) groups excluding carboxylic acids is 1. The quantitative estimate of drug-likeness (QED) is 0.493. The Balaban J connectivity index is 1.66. The van der Waals surface area contributed by atoms with Crippen LogP contribution in [0.15, 0.2) is 65.7 Å². The van der Waals surface area contributed by atoms with Crippen LogP contribution in [0, 0.1) is 11.6 Å². The van der Waals surface area contributed by atoms with Crippen molar-refractivity contribution < 1.29 is 32.4 Å². The predicted molar refractivity (Wildman–Crippen MR) is 120 cm³/mol. The Hall–Kier alpha value is -3.66. The predicted octanol–water partition coefficient (Wildman–Crippen LogP) is 4.26. The molecule has 1 aliphatic rings. The number of hydrogen-bond donors (Lipinski definition) is 2. The lowest BCUT2D eigenvalue weighted by atomic mass is 9.94. The third kappa shape index (κ3) is 4.96. The zero-order valence-electron chi connectivity index (χ0n) is 18.0. The molecule has 4 rings (SSSR count). The highest BCUT2D eigenvalue weighted by Gasteiger charge is 2.39. The van der Waals surface area contributed by atoms with Gasteiger partial charge in [-0.05, 0) is 56.2 Å². The SMILES string of the molecule is CC(Oc1ccc(F)cc1F)(C(=O)Nc1ccc(C(=O)O)cn1)c1ccc(S(=O)C2CC2)cc1. The largest absolute Gasteiger partial charge is 0.478 e. The molecule has 0 aliphatic heterocycles. The Kier molecular flexibility index (Phi) is 6.43. The summed E-state index contributed by atoms with van der Waals surface area (Å²) in [6, 6.07) is 11.7. The first-order valence-electron chi connectivity index (χ1n) is 10.3. The second kappa shape index (κ2) is 9.30. The van der Waals surface area contributed by atoms with Gasteiger partial charge in [0.05, 0.1) is 16.4 Å². The standard InChI is InChI=1S/C24H20F2N2O5S/c1-24(33-20-10-5-16(25)12-19(20)26,15-3-6-17(7-4-15)34(32)18-8-9-18)23(31)28-21-11-2-14(13-27-21)22(29)30/h2-7,10-13,18H,8-9H2,1H3,(H,29,30)(H,27,28,31). The van der Waals surface area contributed by atoms with Crippen molar-refractivity contribution in [1.82, 2.24) is 4.98 Å². The van der Waals surface area contributed by atoms with E-state index in [0.717, 1.165) is 31.2 Å². The molecule has 0 spiro atoms. The monoisotopic (exact) mass is 486 g/mol. The summed E-state index contributed by atoms with van der Waals surface area (Å²) in [5.41, 5.74) is -1.54. The third-order valence-corrected chi connectivity index (χ3v) is 7.17. The number of carboxylic acid groups (broad SMARTS) is 1. The summed E-state index contributed by atoms with van der Waals surface area (Å²) < 4.78 is 46.0. The molecule has 2 aromatic carbocycles. The van der Waals surface area contributed by atoms with Crippen molar-refractivity contribution in [2.45, 2.75) is 35.5 Å². The van der Waals surface area contributed by atoms with Gasteiger partial charge in [-0.25, -0.2) is 18.6 Å². The van der Waals surface area contributed by atoms with E-state index in [1.54, 1.807) is 24.3 Å². The highest BCUT2D eigenvalue weighted by molar-refractivity contribution is 7.86. The van der Waals surface area contributed by atoms with Gasteiger partial charge in [0.25, 0.3) is 5.91 Å². The van der Waals surface area contributed by atoms with Crippen LogP contribution in [0.25, 0.3) is 0 Å². The van der Waals surface area contributed by atoms with Crippen molar-refractivity contribution in [1.29, 1.82) is 0 Å². The minimum absolute atomic E-state index is 0.0517. The Labute approximate surface area is 196 Å². The number of rotatable bonds is 8. The van der Waals surface area contributed by atoms with Gasteiger partial charge in [0, 0.05) is 28.0 Å². The average Bonchev–Trinajstić information content (AvgIpc) is 3.66. The van der Waals surface area contributed by atoms with Gasteiger partial charge in [0.2, 0.25) is 5.60 Å². The highest BCUT2D eigenvalue weighted by Crippen LogP contribution is 2.34. The summed E-state index contributed by atoms with van der Waals surface area (Å²) in [6.45, 7) is 1.41. The molecule has 1 amide bonds. The molecule has 10 heteroatoms. The Morgan fingerprint density at radius 2 is 1.82 bits per heavy atom. The maximum atomic E-state index is 14.4. The van der Waals surface area contributed by atoms with Crippen molar-refractivity contribution in [3.05, 3.63) is 83.6 Å². The lowest BCUT2D eigenvalue weighted by molar-refractivity contribution is -0.130. The third-order valence-electron chi connectivity index (χ3n) is 5.36. The van der Waals surface area contributed by atoms with Crippen LogP contribution in [0.4, 0.5) is 14.6 Å². The molecule has 2 N–H and O–H groups in total. The summed E-state index contributed by atoms with van der Waals surface area (Å²) in [5.74, 6) is -3.99. The summed E-state index contributed by atoms with van der Waals surface area (Å²) in [5, 5.41) is 11.7. The first-order valence-corrected chi connectivity index (χ1v) is 11.5. The van der Waals surface area contributed by atoms with Gasteiger partial charge in [-0.2, -0.15) is 0 Å². The molecule has 0 bridgehead atoms. The number of aromatic nitrogens is 1. The van der Waals surface area contributed by atoms with Gasteiger partial charge in [-0.3, -0.25) is 9.00 Å². The molecular weight excluding hydrogens is 466 g/mol. The summed E-state index contributed by atoms with van der Waals surface area (Å²) in [7, 11) is -1.15. The van der Waals surface area contributed by atoms with E-state index in [9.17, 15) is 22.6 Å². The number of aromatic carboxylic acids is 1. The number of carbonyl (C=O) groups is 2. The van der Waals surface area contributed by atoms with E-state index in [1.807, 2.05) is 0 Å². The van der Waals surface area contributed by atoms with E-state index in [1.165, 1.54) is 19.1 Å². The zero-order chi connectivity index (χ0) is 24.5. The number of benzene rings is 2. The van der Waals surface area contributed by atoms with E-state index < -0.39 is 39.9 Å². The topological polar surface area (TPSA) is 106 Å². The van der Waals surface area contributed by atoms with Crippen LogP contribution in [0.3, 0.4) is 0 Å². The van der Waals surface area contributed by atoms with E-state index >= 15 is 0 Å². The number of pyridine rings is 1. The number of hydrogen-bond acceptors (Lipinski definition) is 5. The molecule has 1 fully saturated rings. The van der Waals surface area contributed by atoms with Crippen LogP contribution in [-0.4, -0.2) is 31.4 Å². The fraction of sp³-hybridized carbons (Fsp3) is 0.208. The van der Waals surface area contributed by atoms with Crippen LogP contribution in [-0.2, 0) is 21.2 Å². The minimum Gasteiger partial charge on any atom is -0.478 e. The molecule has 176 valence electrons. The molecule has 0 saturated heterocycles. The molecular formula is C24H20F2N2O5S. The van der Waals surface area contributed by atoms with Crippen LogP contribution in [0.1, 0.15) is 35.7 Å². The lowest BCUT2D eigenvalue weighted by Gasteiger charge is -2.30. The number of nitrogens with one attached hydrogen (secondary N) is 1.